The summed E-state index contributed by atoms with van der Waals surface area (Å²) in [5, 5.41) is 9.63. The molecule has 2 N–H and O–H groups in total. The molecular weight excluding hydrogens is 358 g/mol. The molecule has 0 saturated heterocycles. The third kappa shape index (κ3) is 2.74. The summed E-state index contributed by atoms with van der Waals surface area (Å²) in [6, 6.07) is 6.88. The van der Waals surface area contributed by atoms with Crippen molar-refractivity contribution in [1.82, 2.24) is 4.68 Å². The molecule has 2 aromatic rings. The van der Waals surface area contributed by atoms with Gasteiger partial charge >= 0.3 is 5.97 Å². The number of aryl methyl sites for hydroxylation is 2. The minimum Gasteiger partial charge on any atom is -0.480 e. The number of aliphatic carboxylic acids is 1. The monoisotopic (exact) mass is 375 g/mol. The second-order valence-corrected chi connectivity index (χ2v) is 6.54. The first-order valence-corrected chi connectivity index (χ1v) is 8.48. The number of nitrogens with zero attached hydrogens (tertiary/aromatic N) is 2. The summed E-state index contributed by atoms with van der Waals surface area (Å²) in [6.07, 6.45) is 0. The quantitative estimate of drug-likeness (QED) is 0.802. The maximum atomic E-state index is 12.6. The van der Waals surface area contributed by atoms with Gasteiger partial charge in [0, 0.05) is 23.5 Å². The topological polar surface area (TPSA) is 91.6 Å². The van der Waals surface area contributed by atoms with Crippen molar-refractivity contribution < 1.29 is 19.5 Å². The molecule has 0 saturated carbocycles. The van der Waals surface area contributed by atoms with E-state index in [4.69, 9.17) is 11.6 Å². The first-order chi connectivity index (χ1) is 12.3. The molecule has 1 unspecified atom stereocenters. The molecule has 0 spiro atoms. The van der Waals surface area contributed by atoms with Crippen LogP contribution in [0.1, 0.15) is 28.7 Å². The Morgan fingerprint density at radius 1 is 1.23 bits per heavy atom. The van der Waals surface area contributed by atoms with Crippen LogP contribution in [-0.4, -0.2) is 34.0 Å². The van der Waals surface area contributed by atoms with Crippen LogP contribution in [0, 0.1) is 19.8 Å². The Bertz CT molecular complexity index is 915. The number of carboxylic acids is 1. The lowest BCUT2D eigenvalue weighted by Crippen LogP contribution is -2.47. The average Bonchev–Trinajstić information content (AvgIpc) is 2.88. The molecule has 0 radical (unpaired) electrons. The van der Waals surface area contributed by atoms with Crippen molar-refractivity contribution in [2.75, 3.05) is 16.9 Å². The van der Waals surface area contributed by atoms with Crippen LogP contribution in [0.15, 0.2) is 24.3 Å². The molecule has 2 heterocycles. The molecule has 0 bridgehead atoms. The molecule has 3 rings (SSSR count). The molecule has 1 aliphatic heterocycles. The van der Waals surface area contributed by atoms with E-state index in [9.17, 15) is 19.5 Å². The van der Waals surface area contributed by atoms with Crippen LogP contribution in [0.5, 0.6) is 0 Å². The molecule has 136 valence electrons. The van der Waals surface area contributed by atoms with Crippen LogP contribution in [0.4, 0.5) is 11.4 Å². The van der Waals surface area contributed by atoms with Crippen molar-refractivity contribution in [3.8, 4) is 0 Å². The van der Waals surface area contributed by atoms with E-state index in [2.05, 4.69) is 5.43 Å². The fourth-order valence-corrected chi connectivity index (χ4v) is 3.32. The van der Waals surface area contributed by atoms with Crippen LogP contribution < -0.4 is 10.3 Å². The van der Waals surface area contributed by atoms with Gasteiger partial charge in [-0.2, -0.15) is 0 Å². The Labute approximate surface area is 155 Å². The highest BCUT2D eigenvalue weighted by molar-refractivity contribution is 6.35. The van der Waals surface area contributed by atoms with Gasteiger partial charge in [-0.3, -0.25) is 24.5 Å². The lowest BCUT2D eigenvalue weighted by atomic mass is 9.90. The number of ketones is 1. The van der Waals surface area contributed by atoms with Gasteiger partial charge in [-0.25, -0.2) is 0 Å². The summed E-state index contributed by atoms with van der Waals surface area (Å²) in [5.74, 6) is -4.66. The number of Topliss-reactive ketones (excluding diaryl/α,β-unsaturated/α-hetero) is 1. The number of fused-ring (bicyclic) bond motifs is 1. The molecule has 0 fully saturated rings. The number of amides is 1. The van der Waals surface area contributed by atoms with E-state index in [1.807, 2.05) is 26.0 Å². The number of carbonyl (C=O) groups is 3. The first-order valence-electron chi connectivity index (χ1n) is 8.10. The highest BCUT2D eigenvalue weighted by Gasteiger charge is 2.44. The molecule has 26 heavy (non-hydrogen) atoms. The summed E-state index contributed by atoms with van der Waals surface area (Å²) in [5.41, 5.74) is 5.96. The predicted octanol–water partition coefficient (Wildman–Crippen LogP) is 2.88. The molecular formula is C18H18ClN3O4. The van der Waals surface area contributed by atoms with Crippen LogP contribution >= 0.6 is 11.6 Å². The van der Waals surface area contributed by atoms with E-state index in [1.54, 1.807) is 11.6 Å². The Morgan fingerprint density at radius 3 is 2.38 bits per heavy atom. The molecule has 0 aliphatic carbocycles. The van der Waals surface area contributed by atoms with E-state index in [1.165, 1.54) is 17.0 Å². The van der Waals surface area contributed by atoms with Gasteiger partial charge in [0.25, 0.3) is 0 Å². The lowest BCUT2D eigenvalue weighted by molar-refractivity contribution is -0.144. The van der Waals surface area contributed by atoms with Gasteiger partial charge in [0.05, 0.1) is 16.4 Å². The number of anilines is 2. The zero-order chi connectivity index (χ0) is 19.2. The fraction of sp³-hybridized carbons (Fsp3) is 0.278. The zero-order valence-corrected chi connectivity index (χ0v) is 15.3. The normalized spacial score (nSPS) is 16.6. The molecule has 1 amide bonds. The van der Waals surface area contributed by atoms with Crippen molar-refractivity contribution in [1.29, 1.82) is 0 Å². The lowest BCUT2D eigenvalue weighted by Gasteiger charge is -2.31. The minimum atomic E-state index is -1.73. The van der Waals surface area contributed by atoms with Gasteiger partial charge < -0.3 is 10.0 Å². The maximum Gasteiger partial charge on any atom is 0.324 e. The van der Waals surface area contributed by atoms with E-state index in [-0.39, 0.29) is 12.1 Å². The van der Waals surface area contributed by atoms with Crippen molar-refractivity contribution in [3.63, 3.8) is 0 Å². The summed E-state index contributed by atoms with van der Waals surface area (Å²) < 4.78 is 1.80. The first kappa shape index (κ1) is 18.0. The third-order valence-electron chi connectivity index (χ3n) is 4.48. The van der Waals surface area contributed by atoms with E-state index in [0.717, 1.165) is 11.4 Å². The molecule has 1 aliphatic rings. The zero-order valence-electron chi connectivity index (χ0n) is 14.5. The summed E-state index contributed by atoms with van der Waals surface area (Å²) in [4.78, 5) is 37.7. The van der Waals surface area contributed by atoms with Crippen molar-refractivity contribution in [2.45, 2.75) is 20.8 Å². The van der Waals surface area contributed by atoms with Gasteiger partial charge in [0.15, 0.2) is 11.7 Å². The summed E-state index contributed by atoms with van der Waals surface area (Å²) in [7, 11) is 0. The highest BCUT2D eigenvalue weighted by atomic mass is 35.5. The number of halogens is 1. The van der Waals surface area contributed by atoms with E-state index < -0.39 is 23.6 Å². The number of carboxylic acid groups (broad SMARTS) is 1. The SMILES string of the molecule is CCN1C(=O)C(C(=O)O)C(=O)c2cc(Nn3c(C)ccc3C)c(Cl)cc21. The Morgan fingerprint density at radius 2 is 1.85 bits per heavy atom. The molecule has 1 aromatic carbocycles. The summed E-state index contributed by atoms with van der Waals surface area (Å²) >= 11 is 6.36. The highest BCUT2D eigenvalue weighted by Crippen LogP contribution is 2.37. The fourth-order valence-electron chi connectivity index (χ4n) is 3.12. The largest absolute Gasteiger partial charge is 0.480 e. The number of carbonyl (C=O) groups excluding carboxylic acids is 2. The van der Waals surface area contributed by atoms with E-state index >= 15 is 0 Å². The van der Waals surface area contributed by atoms with Crippen LogP contribution in [0.2, 0.25) is 5.02 Å². The summed E-state index contributed by atoms with van der Waals surface area (Å²) in [6.45, 7) is 5.77. The number of rotatable bonds is 4. The Balaban J connectivity index is 2.12. The van der Waals surface area contributed by atoms with Gasteiger partial charge in [-0.05, 0) is 45.0 Å². The number of aromatic nitrogens is 1. The van der Waals surface area contributed by atoms with Crippen molar-refractivity contribution in [2.24, 2.45) is 5.92 Å². The number of benzene rings is 1. The predicted molar refractivity (Wildman–Crippen MR) is 97.9 cm³/mol. The molecule has 8 heteroatoms. The van der Waals surface area contributed by atoms with Gasteiger partial charge in [-0.15, -0.1) is 0 Å². The van der Waals surface area contributed by atoms with Crippen LogP contribution in [0.3, 0.4) is 0 Å². The smallest absolute Gasteiger partial charge is 0.324 e. The standard InChI is InChI=1S/C18H18ClN3O4/c1-4-21-14-8-12(19)13(20-22-9(2)5-6-10(22)3)7-11(14)16(23)15(17(21)24)18(25)26/h5-8,15,20H,4H2,1-3H3,(H,25,26). The maximum absolute atomic E-state index is 12.6. The van der Waals surface area contributed by atoms with Crippen molar-refractivity contribution >= 4 is 40.6 Å². The number of hydrogen-bond acceptors (Lipinski definition) is 4. The third-order valence-corrected chi connectivity index (χ3v) is 4.80. The van der Waals surface area contributed by atoms with Gasteiger partial charge in [0.2, 0.25) is 5.91 Å². The van der Waals surface area contributed by atoms with E-state index in [0.29, 0.717) is 16.4 Å². The Hall–Kier alpha value is -2.80. The van der Waals surface area contributed by atoms with Crippen LogP contribution in [-0.2, 0) is 9.59 Å². The molecule has 7 nitrogen and oxygen atoms in total. The second-order valence-electron chi connectivity index (χ2n) is 6.13. The number of hydrogen-bond donors (Lipinski definition) is 2. The van der Waals surface area contributed by atoms with Crippen molar-refractivity contribution in [3.05, 3.63) is 46.2 Å². The molecule has 1 atom stereocenters. The van der Waals surface area contributed by atoms with Gasteiger partial charge in [0.1, 0.15) is 0 Å². The number of nitrogens with one attached hydrogen (secondary N) is 1. The second kappa shape index (κ2) is 6.49. The van der Waals surface area contributed by atoms with Crippen LogP contribution in [0.25, 0.3) is 0 Å². The average molecular weight is 376 g/mol. The minimum absolute atomic E-state index is 0.160. The van der Waals surface area contributed by atoms with Gasteiger partial charge in [-0.1, -0.05) is 11.6 Å². The Kier molecular flexibility index (Phi) is 4.50. The molecule has 1 aromatic heterocycles.